The van der Waals surface area contributed by atoms with E-state index in [1.807, 2.05) is 0 Å². The van der Waals surface area contributed by atoms with Gasteiger partial charge in [-0.3, -0.25) is 0 Å². The summed E-state index contributed by atoms with van der Waals surface area (Å²) in [7, 11) is 1.51. The Bertz CT molecular complexity index is 128. The van der Waals surface area contributed by atoms with Crippen LogP contribution in [0.5, 0.6) is 0 Å². The second-order valence-corrected chi connectivity index (χ2v) is 2.80. The van der Waals surface area contributed by atoms with Gasteiger partial charge in [-0.25, -0.2) is 0 Å². The number of methoxy groups -OCH3 is 1. The average Bonchev–Trinajstić information content (AvgIpc) is 1.96. The molecular formula is C7H14O4. The molecule has 0 aromatic rings. The van der Waals surface area contributed by atoms with Crippen molar-refractivity contribution in [2.45, 2.75) is 37.9 Å². The fourth-order valence-electron chi connectivity index (χ4n) is 1.26. The largest absolute Gasteiger partial charge is 0.388 e. The third kappa shape index (κ3) is 1.90. The minimum absolute atomic E-state index is 0.311. The fraction of sp³-hybridized carbons (Fsp3) is 1.00. The Hall–Kier alpha value is -0.160. The van der Waals surface area contributed by atoms with Crippen molar-refractivity contribution in [2.75, 3.05) is 7.11 Å². The Balaban J connectivity index is 2.51. The molecule has 1 saturated heterocycles. The monoisotopic (exact) mass is 162 g/mol. The van der Waals surface area contributed by atoms with Crippen molar-refractivity contribution in [2.24, 2.45) is 0 Å². The van der Waals surface area contributed by atoms with E-state index in [4.69, 9.17) is 14.6 Å². The zero-order chi connectivity index (χ0) is 8.43. The van der Waals surface area contributed by atoms with Gasteiger partial charge in [0.1, 0.15) is 6.10 Å². The Morgan fingerprint density at radius 1 is 1.45 bits per heavy atom. The number of hydrogen-bond acceptors (Lipinski definition) is 4. The van der Waals surface area contributed by atoms with E-state index in [1.54, 1.807) is 6.92 Å². The fourth-order valence-corrected chi connectivity index (χ4v) is 1.26. The molecule has 66 valence electrons. The first kappa shape index (κ1) is 8.93. The van der Waals surface area contributed by atoms with Gasteiger partial charge in [-0.2, -0.15) is 0 Å². The van der Waals surface area contributed by atoms with Crippen molar-refractivity contribution in [1.29, 1.82) is 0 Å². The van der Waals surface area contributed by atoms with E-state index in [0.29, 0.717) is 6.42 Å². The second-order valence-electron chi connectivity index (χ2n) is 2.80. The molecule has 0 spiro atoms. The summed E-state index contributed by atoms with van der Waals surface area (Å²) >= 11 is 0. The number of aliphatic hydroxyl groups is 2. The van der Waals surface area contributed by atoms with Gasteiger partial charge in [0.05, 0.1) is 12.2 Å². The van der Waals surface area contributed by atoms with Gasteiger partial charge in [-0.05, 0) is 6.92 Å². The molecule has 0 aromatic heterocycles. The number of rotatable bonds is 1. The average molecular weight is 162 g/mol. The highest BCUT2D eigenvalue weighted by Crippen LogP contribution is 2.20. The predicted molar refractivity (Wildman–Crippen MR) is 38.0 cm³/mol. The van der Waals surface area contributed by atoms with Crippen molar-refractivity contribution in [3.05, 3.63) is 0 Å². The standard InChI is InChI=1S/C7H14O4/c1-4-7(9)5(10-2)3-6(8)11-4/h4-9H,3H2,1-2H3/t4-,5+,6+,7-/m0/s1. The summed E-state index contributed by atoms with van der Waals surface area (Å²) in [5.41, 5.74) is 0. The van der Waals surface area contributed by atoms with Gasteiger partial charge in [0.15, 0.2) is 6.29 Å². The summed E-state index contributed by atoms with van der Waals surface area (Å²) in [5, 5.41) is 18.5. The number of ether oxygens (including phenoxy) is 2. The van der Waals surface area contributed by atoms with Crippen LogP contribution < -0.4 is 0 Å². The van der Waals surface area contributed by atoms with E-state index in [2.05, 4.69) is 0 Å². The van der Waals surface area contributed by atoms with E-state index < -0.39 is 12.4 Å². The maximum Gasteiger partial charge on any atom is 0.157 e. The molecule has 1 aliphatic heterocycles. The van der Waals surface area contributed by atoms with Gasteiger partial charge in [0.25, 0.3) is 0 Å². The Morgan fingerprint density at radius 2 is 2.09 bits per heavy atom. The first-order valence-corrected chi connectivity index (χ1v) is 3.69. The summed E-state index contributed by atoms with van der Waals surface area (Å²) in [6.45, 7) is 1.71. The highest BCUT2D eigenvalue weighted by molar-refractivity contribution is 4.80. The lowest BCUT2D eigenvalue weighted by Crippen LogP contribution is -2.47. The Kier molecular flexibility index (Phi) is 2.84. The maximum absolute atomic E-state index is 9.39. The molecule has 4 nitrogen and oxygen atoms in total. The van der Waals surface area contributed by atoms with Gasteiger partial charge in [-0.15, -0.1) is 0 Å². The summed E-state index contributed by atoms with van der Waals surface area (Å²) < 4.78 is 9.91. The van der Waals surface area contributed by atoms with Crippen LogP contribution in [0.4, 0.5) is 0 Å². The van der Waals surface area contributed by atoms with Crippen LogP contribution in [0, 0.1) is 0 Å². The van der Waals surface area contributed by atoms with E-state index in [-0.39, 0.29) is 12.2 Å². The van der Waals surface area contributed by atoms with E-state index in [9.17, 15) is 5.11 Å². The Morgan fingerprint density at radius 3 is 2.64 bits per heavy atom. The lowest BCUT2D eigenvalue weighted by Gasteiger charge is -2.34. The lowest BCUT2D eigenvalue weighted by molar-refractivity contribution is -0.231. The smallest absolute Gasteiger partial charge is 0.157 e. The van der Waals surface area contributed by atoms with Crippen molar-refractivity contribution in [1.82, 2.24) is 0 Å². The van der Waals surface area contributed by atoms with Gasteiger partial charge < -0.3 is 19.7 Å². The molecule has 1 heterocycles. The topological polar surface area (TPSA) is 58.9 Å². The zero-order valence-corrected chi connectivity index (χ0v) is 6.73. The van der Waals surface area contributed by atoms with Crippen molar-refractivity contribution >= 4 is 0 Å². The second kappa shape index (κ2) is 3.49. The van der Waals surface area contributed by atoms with E-state index >= 15 is 0 Å². The Labute approximate surface area is 65.7 Å². The number of aliphatic hydroxyl groups excluding tert-OH is 2. The number of hydrogen-bond donors (Lipinski definition) is 2. The highest BCUT2D eigenvalue weighted by Gasteiger charge is 2.34. The quantitative estimate of drug-likeness (QED) is 0.545. The third-order valence-electron chi connectivity index (χ3n) is 1.97. The van der Waals surface area contributed by atoms with Crippen LogP contribution in [0.15, 0.2) is 0 Å². The van der Waals surface area contributed by atoms with Crippen molar-refractivity contribution in [3.63, 3.8) is 0 Å². The van der Waals surface area contributed by atoms with E-state index in [1.165, 1.54) is 7.11 Å². The molecule has 4 atom stereocenters. The van der Waals surface area contributed by atoms with Gasteiger partial charge in [-0.1, -0.05) is 0 Å². The van der Waals surface area contributed by atoms with Crippen molar-refractivity contribution < 1.29 is 19.7 Å². The highest BCUT2D eigenvalue weighted by atomic mass is 16.6. The molecule has 0 radical (unpaired) electrons. The molecule has 0 aliphatic carbocycles. The zero-order valence-electron chi connectivity index (χ0n) is 6.73. The molecule has 0 amide bonds. The first-order valence-electron chi connectivity index (χ1n) is 3.69. The molecule has 11 heavy (non-hydrogen) atoms. The van der Waals surface area contributed by atoms with Crippen LogP contribution in [-0.2, 0) is 9.47 Å². The summed E-state index contributed by atoms with van der Waals surface area (Å²) in [6, 6.07) is 0. The molecular weight excluding hydrogens is 148 g/mol. The van der Waals surface area contributed by atoms with Crippen LogP contribution >= 0.6 is 0 Å². The van der Waals surface area contributed by atoms with Gasteiger partial charge in [0, 0.05) is 13.5 Å². The molecule has 1 aliphatic rings. The summed E-state index contributed by atoms with van der Waals surface area (Å²) in [5.74, 6) is 0. The van der Waals surface area contributed by atoms with Gasteiger partial charge >= 0.3 is 0 Å². The van der Waals surface area contributed by atoms with E-state index in [0.717, 1.165) is 0 Å². The molecule has 1 fully saturated rings. The minimum atomic E-state index is -0.807. The molecule has 0 saturated carbocycles. The minimum Gasteiger partial charge on any atom is -0.388 e. The summed E-state index contributed by atoms with van der Waals surface area (Å²) in [4.78, 5) is 0. The van der Waals surface area contributed by atoms with Crippen LogP contribution in [0.1, 0.15) is 13.3 Å². The predicted octanol–water partition coefficient (Wildman–Crippen LogP) is -0.510. The molecule has 0 bridgehead atoms. The van der Waals surface area contributed by atoms with Gasteiger partial charge in [0.2, 0.25) is 0 Å². The molecule has 0 unspecified atom stereocenters. The molecule has 1 rings (SSSR count). The van der Waals surface area contributed by atoms with Crippen LogP contribution in [0.2, 0.25) is 0 Å². The third-order valence-corrected chi connectivity index (χ3v) is 1.97. The molecule has 4 heteroatoms. The van der Waals surface area contributed by atoms with Crippen LogP contribution in [-0.4, -0.2) is 41.9 Å². The van der Waals surface area contributed by atoms with Crippen LogP contribution in [0.3, 0.4) is 0 Å². The SMILES string of the molecule is CO[C@@H]1C[C@H](O)O[C@@H](C)[C@@H]1O. The van der Waals surface area contributed by atoms with Crippen molar-refractivity contribution in [3.8, 4) is 0 Å². The molecule has 0 aromatic carbocycles. The normalized spacial score (nSPS) is 45.8. The molecule has 2 N–H and O–H groups in total. The first-order chi connectivity index (χ1) is 5.15. The maximum atomic E-state index is 9.39. The lowest BCUT2D eigenvalue weighted by atomic mass is 10.0. The van der Waals surface area contributed by atoms with Crippen LogP contribution in [0.25, 0.3) is 0 Å². The summed E-state index contributed by atoms with van der Waals surface area (Å²) in [6.07, 6.45) is -1.78.